The Morgan fingerprint density at radius 1 is 1.33 bits per heavy atom. The third-order valence-corrected chi connectivity index (χ3v) is 4.14. The van der Waals surface area contributed by atoms with Crippen LogP contribution in [0.3, 0.4) is 0 Å². The molecule has 2 rings (SSSR count). The standard InChI is InChI=1S/C13H18BrN/c1-9-5-10(2)13(14)7-12(9)6-11-3-4-15-8-11/h5,7,11,15H,3-4,6,8H2,1-2H3. The van der Waals surface area contributed by atoms with Gasteiger partial charge in [-0.2, -0.15) is 0 Å². The molecule has 0 aliphatic carbocycles. The van der Waals surface area contributed by atoms with Gasteiger partial charge in [0.05, 0.1) is 0 Å². The monoisotopic (exact) mass is 267 g/mol. The fourth-order valence-electron chi connectivity index (χ4n) is 2.29. The van der Waals surface area contributed by atoms with Gasteiger partial charge in [-0.3, -0.25) is 0 Å². The molecule has 0 spiro atoms. The van der Waals surface area contributed by atoms with Crippen LogP contribution >= 0.6 is 15.9 Å². The van der Waals surface area contributed by atoms with Crippen LogP contribution in [0.1, 0.15) is 23.1 Å². The van der Waals surface area contributed by atoms with Crippen molar-refractivity contribution in [3.63, 3.8) is 0 Å². The van der Waals surface area contributed by atoms with Crippen molar-refractivity contribution >= 4 is 15.9 Å². The molecule has 1 aliphatic rings. The molecule has 82 valence electrons. The summed E-state index contributed by atoms with van der Waals surface area (Å²) in [5.41, 5.74) is 4.27. The van der Waals surface area contributed by atoms with Crippen molar-refractivity contribution in [3.05, 3.63) is 33.3 Å². The lowest BCUT2D eigenvalue weighted by atomic mass is 9.94. The summed E-state index contributed by atoms with van der Waals surface area (Å²) in [4.78, 5) is 0. The number of nitrogens with one attached hydrogen (secondary N) is 1. The van der Waals surface area contributed by atoms with Gasteiger partial charge in [-0.25, -0.2) is 0 Å². The number of benzene rings is 1. The van der Waals surface area contributed by atoms with Crippen LogP contribution in [0.2, 0.25) is 0 Å². The van der Waals surface area contributed by atoms with E-state index in [1.165, 1.54) is 47.1 Å². The van der Waals surface area contributed by atoms with E-state index in [1.54, 1.807) is 0 Å². The molecule has 1 unspecified atom stereocenters. The molecule has 0 aromatic heterocycles. The Balaban J connectivity index is 2.16. The molecule has 0 saturated carbocycles. The lowest BCUT2D eigenvalue weighted by Gasteiger charge is -2.12. The number of halogens is 1. The fraction of sp³-hybridized carbons (Fsp3) is 0.538. The molecule has 0 amide bonds. The first kappa shape index (κ1) is 11.2. The van der Waals surface area contributed by atoms with Crippen LogP contribution in [-0.4, -0.2) is 13.1 Å². The summed E-state index contributed by atoms with van der Waals surface area (Å²) < 4.78 is 1.24. The van der Waals surface area contributed by atoms with Gasteiger partial charge in [0, 0.05) is 4.47 Å². The molecule has 2 heteroatoms. The van der Waals surface area contributed by atoms with Crippen molar-refractivity contribution in [2.24, 2.45) is 5.92 Å². The largest absolute Gasteiger partial charge is 0.316 e. The van der Waals surface area contributed by atoms with Gasteiger partial charge in [-0.05, 0) is 68.5 Å². The lowest BCUT2D eigenvalue weighted by Crippen LogP contribution is -2.11. The minimum atomic E-state index is 0.832. The zero-order chi connectivity index (χ0) is 10.8. The maximum Gasteiger partial charge on any atom is 0.0207 e. The summed E-state index contributed by atoms with van der Waals surface area (Å²) in [7, 11) is 0. The van der Waals surface area contributed by atoms with Crippen LogP contribution in [0, 0.1) is 19.8 Å². The van der Waals surface area contributed by atoms with E-state index in [-0.39, 0.29) is 0 Å². The molecule has 1 aromatic carbocycles. The molecule has 1 fully saturated rings. The van der Waals surface area contributed by atoms with Gasteiger partial charge in [0.15, 0.2) is 0 Å². The highest BCUT2D eigenvalue weighted by Crippen LogP contribution is 2.24. The van der Waals surface area contributed by atoms with E-state index in [2.05, 4.69) is 47.2 Å². The second kappa shape index (κ2) is 4.67. The first-order chi connectivity index (χ1) is 7.16. The zero-order valence-electron chi connectivity index (χ0n) is 9.44. The minimum Gasteiger partial charge on any atom is -0.316 e. The molecule has 0 radical (unpaired) electrons. The quantitative estimate of drug-likeness (QED) is 0.868. The Hall–Kier alpha value is -0.340. The predicted molar refractivity (Wildman–Crippen MR) is 68.3 cm³/mol. The predicted octanol–water partition coefficient (Wildman–Crippen LogP) is 3.22. The summed E-state index contributed by atoms with van der Waals surface area (Å²) in [6.45, 7) is 6.75. The van der Waals surface area contributed by atoms with Crippen molar-refractivity contribution in [1.82, 2.24) is 5.32 Å². The molecule has 1 aliphatic heterocycles. The molecule has 0 bridgehead atoms. The molecule has 1 atom stereocenters. The van der Waals surface area contributed by atoms with E-state index in [1.807, 2.05) is 0 Å². The Bertz CT molecular complexity index is 354. The highest BCUT2D eigenvalue weighted by atomic mass is 79.9. The Morgan fingerprint density at radius 2 is 2.13 bits per heavy atom. The van der Waals surface area contributed by atoms with E-state index in [0.717, 1.165) is 5.92 Å². The third kappa shape index (κ3) is 2.61. The minimum absolute atomic E-state index is 0.832. The van der Waals surface area contributed by atoms with Crippen LogP contribution in [0.25, 0.3) is 0 Å². The number of hydrogen-bond acceptors (Lipinski definition) is 1. The first-order valence-electron chi connectivity index (χ1n) is 5.63. The van der Waals surface area contributed by atoms with E-state index in [4.69, 9.17) is 0 Å². The van der Waals surface area contributed by atoms with E-state index < -0.39 is 0 Å². The Kier molecular flexibility index (Phi) is 3.47. The lowest BCUT2D eigenvalue weighted by molar-refractivity contribution is 0.578. The topological polar surface area (TPSA) is 12.0 Å². The second-order valence-electron chi connectivity index (χ2n) is 4.59. The van der Waals surface area contributed by atoms with Crippen molar-refractivity contribution < 1.29 is 0 Å². The normalized spacial score (nSPS) is 20.9. The highest BCUT2D eigenvalue weighted by molar-refractivity contribution is 9.10. The maximum atomic E-state index is 3.61. The van der Waals surface area contributed by atoms with Crippen LogP contribution < -0.4 is 5.32 Å². The Labute approximate surface area is 100 Å². The van der Waals surface area contributed by atoms with Crippen LogP contribution in [0.15, 0.2) is 16.6 Å². The van der Waals surface area contributed by atoms with Crippen molar-refractivity contribution in [2.75, 3.05) is 13.1 Å². The second-order valence-corrected chi connectivity index (χ2v) is 5.45. The smallest absolute Gasteiger partial charge is 0.0207 e. The Morgan fingerprint density at radius 3 is 2.80 bits per heavy atom. The van der Waals surface area contributed by atoms with Gasteiger partial charge in [-0.15, -0.1) is 0 Å². The first-order valence-corrected chi connectivity index (χ1v) is 6.42. The van der Waals surface area contributed by atoms with Gasteiger partial charge >= 0.3 is 0 Å². The summed E-state index contributed by atoms with van der Waals surface area (Å²) in [6.07, 6.45) is 2.54. The molecule has 1 saturated heterocycles. The van der Waals surface area contributed by atoms with E-state index >= 15 is 0 Å². The molecule has 1 N–H and O–H groups in total. The van der Waals surface area contributed by atoms with E-state index in [0.29, 0.717) is 0 Å². The summed E-state index contributed by atoms with van der Waals surface area (Å²) in [5.74, 6) is 0.832. The molecule has 1 aromatic rings. The maximum absolute atomic E-state index is 3.61. The third-order valence-electron chi connectivity index (χ3n) is 3.29. The van der Waals surface area contributed by atoms with Crippen LogP contribution in [0.4, 0.5) is 0 Å². The SMILES string of the molecule is Cc1cc(C)c(CC2CCNC2)cc1Br. The summed E-state index contributed by atoms with van der Waals surface area (Å²) in [6, 6.07) is 4.57. The highest BCUT2D eigenvalue weighted by Gasteiger charge is 2.16. The average molecular weight is 268 g/mol. The van der Waals surface area contributed by atoms with Crippen LogP contribution in [-0.2, 0) is 6.42 Å². The molecule has 1 nitrogen and oxygen atoms in total. The van der Waals surface area contributed by atoms with Gasteiger partial charge in [0.1, 0.15) is 0 Å². The number of aryl methyl sites for hydroxylation is 2. The number of rotatable bonds is 2. The number of hydrogen-bond donors (Lipinski definition) is 1. The summed E-state index contributed by atoms with van der Waals surface area (Å²) in [5, 5.41) is 3.43. The van der Waals surface area contributed by atoms with Crippen LogP contribution in [0.5, 0.6) is 0 Å². The van der Waals surface area contributed by atoms with Gasteiger partial charge < -0.3 is 5.32 Å². The molecular weight excluding hydrogens is 250 g/mol. The fourth-order valence-corrected chi connectivity index (χ4v) is 2.68. The average Bonchev–Trinajstić information content (AvgIpc) is 2.67. The van der Waals surface area contributed by atoms with Gasteiger partial charge in [0.25, 0.3) is 0 Å². The molecule has 1 heterocycles. The van der Waals surface area contributed by atoms with Gasteiger partial charge in [0.2, 0.25) is 0 Å². The molecular formula is C13H18BrN. The van der Waals surface area contributed by atoms with Gasteiger partial charge in [-0.1, -0.05) is 22.0 Å². The molecule has 15 heavy (non-hydrogen) atoms. The zero-order valence-corrected chi connectivity index (χ0v) is 11.0. The van der Waals surface area contributed by atoms with Crippen molar-refractivity contribution in [1.29, 1.82) is 0 Å². The summed E-state index contributed by atoms with van der Waals surface area (Å²) >= 11 is 3.61. The van der Waals surface area contributed by atoms with Crippen molar-refractivity contribution in [2.45, 2.75) is 26.7 Å². The van der Waals surface area contributed by atoms with E-state index in [9.17, 15) is 0 Å². The van der Waals surface area contributed by atoms with Crippen molar-refractivity contribution in [3.8, 4) is 0 Å².